The second-order valence-electron chi connectivity index (χ2n) is 3.51. The highest BCUT2D eigenvalue weighted by Crippen LogP contribution is 2.14. The zero-order chi connectivity index (χ0) is 9.80. The topological polar surface area (TPSA) is 29.5 Å². The molecule has 1 aliphatic rings. The van der Waals surface area contributed by atoms with Gasteiger partial charge in [0.15, 0.2) is 0 Å². The first kappa shape index (κ1) is 9.50. The molecule has 0 unspecified atom stereocenters. The highest BCUT2D eigenvalue weighted by atomic mass is 16.5. The van der Waals surface area contributed by atoms with E-state index < -0.39 is 7.12 Å². The van der Waals surface area contributed by atoms with Gasteiger partial charge in [0.1, 0.15) is 0 Å². The summed E-state index contributed by atoms with van der Waals surface area (Å²) in [5, 5.41) is 9.10. The van der Waals surface area contributed by atoms with Gasteiger partial charge in [-0.1, -0.05) is 41.9 Å². The normalized spacial score (nSPS) is 15.8. The molecule has 0 radical (unpaired) electrons. The van der Waals surface area contributed by atoms with E-state index in [0.717, 1.165) is 12.8 Å². The van der Waals surface area contributed by atoms with Crippen LogP contribution in [-0.4, -0.2) is 18.7 Å². The van der Waals surface area contributed by atoms with Gasteiger partial charge in [-0.2, -0.15) is 0 Å². The number of rotatable bonds is 3. The summed E-state index contributed by atoms with van der Waals surface area (Å²) in [6.45, 7) is 0.577. The standard InChI is InChI=1S/C11H13BO2/c13-12-8-11(9-14-12)7-6-10-4-2-1-3-5-10/h1-5,8,13H,6-7,9H2. The third kappa shape index (κ3) is 2.47. The minimum Gasteiger partial charge on any atom is -0.423 e. The molecule has 2 rings (SSSR count). The van der Waals surface area contributed by atoms with Crippen molar-refractivity contribution in [1.29, 1.82) is 0 Å². The van der Waals surface area contributed by atoms with Crippen LogP contribution in [0.3, 0.4) is 0 Å². The molecule has 0 aliphatic carbocycles. The van der Waals surface area contributed by atoms with Gasteiger partial charge in [0, 0.05) is 0 Å². The molecule has 0 fully saturated rings. The van der Waals surface area contributed by atoms with Crippen LogP contribution in [0.15, 0.2) is 41.9 Å². The van der Waals surface area contributed by atoms with Gasteiger partial charge in [-0.15, -0.1) is 0 Å². The van der Waals surface area contributed by atoms with Crippen molar-refractivity contribution in [3.8, 4) is 0 Å². The van der Waals surface area contributed by atoms with Crippen LogP contribution < -0.4 is 0 Å². The molecule has 1 aliphatic heterocycles. The van der Waals surface area contributed by atoms with Crippen LogP contribution in [0.5, 0.6) is 0 Å². The lowest BCUT2D eigenvalue weighted by molar-refractivity contribution is 0.307. The van der Waals surface area contributed by atoms with E-state index in [1.165, 1.54) is 11.1 Å². The van der Waals surface area contributed by atoms with Gasteiger partial charge in [-0.3, -0.25) is 0 Å². The summed E-state index contributed by atoms with van der Waals surface area (Å²) in [5.41, 5.74) is 2.52. The highest BCUT2D eigenvalue weighted by Gasteiger charge is 2.18. The average molecular weight is 188 g/mol. The van der Waals surface area contributed by atoms with Crippen molar-refractivity contribution in [2.75, 3.05) is 6.61 Å². The van der Waals surface area contributed by atoms with E-state index in [1.807, 2.05) is 18.2 Å². The lowest BCUT2D eigenvalue weighted by Gasteiger charge is -2.01. The zero-order valence-electron chi connectivity index (χ0n) is 8.02. The molecule has 1 heterocycles. The maximum absolute atomic E-state index is 9.10. The summed E-state index contributed by atoms with van der Waals surface area (Å²) in [5.74, 6) is 1.79. The van der Waals surface area contributed by atoms with Crippen LogP contribution in [-0.2, 0) is 11.1 Å². The van der Waals surface area contributed by atoms with Crippen molar-refractivity contribution in [2.45, 2.75) is 12.8 Å². The number of benzene rings is 1. The molecule has 0 saturated carbocycles. The van der Waals surface area contributed by atoms with Crippen molar-refractivity contribution in [3.05, 3.63) is 47.4 Å². The SMILES string of the molecule is OB1C=C(CCc2ccccc2)CO1. The number of hydrogen-bond acceptors (Lipinski definition) is 2. The van der Waals surface area contributed by atoms with Gasteiger partial charge >= 0.3 is 7.12 Å². The van der Waals surface area contributed by atoms with Gasteiger partial charge in [0.2, 0.25) is 0 Å². The van der Waals surface area contributed by atoms with Crippen LogP contribution in [0.25, 0.3) is 0 Å². The first-order valence-corrected chi connectivity index (χ1v) is 4.88. The van der Waals surface area contributed by atoms with Gasteiger partial charge < -0.3 is 9.68 Å². The molecule has 2 nitrogen and oxygen atoms in total. The zero-order valence-corrected chi connectivity index (χ0v) is 8.02. The molecule has 0 saturated heterocycles. The smallest absolute Gasteiger partial charge is 0.423 e. The van der Waals surface area contributed by atoms with E-state index in [4.69, 9.17) is 9.68 Å². The predicted molar refractivity (Wildman–Crippen MR) is 56.8 cm³/mol. The molecule has 0 atom stereocenters. The lowest BCUT2D eigenvalue weighted by Crippen LogP contribution is -2.07. The average Bonchev–Trinajstić information content (AvgIpc) is 2.63. The Morgan fingerprint density at radius 2 is 2.00 bits per heavy atom. The minimum atomic E-state index is -0.680. The molecule has 1 N–H and O–H groups in total. The highest BCUT2D eigenvalue weighted by molar-refractivity contribution is 6.50. The Kier molecular flexibility index (Phi) is 3.01. The number of hydrogen-bond donors (Lipinski definition) is 1. The van der Waals surface area contributed by atoms with Crippen molar-refractivity contribution >= 4 is 7.12 Å². The molecular weight excluding hydrogens is 175 g/mol. The fourth-order valence-corrected chi connectivity index (χ4v) is 1.60. The molecule has 1 aromatic carbocycles. The Morgan fingerprint density at radius 1 is 1.21 bits per heavy atom. The van der Waals surface area contributed by atoms with E-state index in [1.54, 1.807) is 5.98 Å². The fraction of sp³-hybridized carbons (Fsp3) is 0.273. The summed E-state index contributed by atoms with van der Waals surface area (Å²) in [6.07, 6.45) is 1.99. The van der Waals surface area contributed by atoms with E-state index in [2.05, 4.69) is 12.1 Å². The molecule has 0 spiro atoms. The van der Waals surface area contributed by atoms with Gasteiger partial charge in [0.05, 0.1) is 6.61 Å². The van der Waals surface area contributed by atoms with Crippen molar-refractivity contribution in [1.82, 2.24) is 0 Å². The summed E-state index contributed by atoms with van der Waals surface area (Å²) in [4.78, 5) is 0. The maximum atomic E-state index is 9.10. The summed E-state index contributed by atoms with van der Waals surface area (Å²) < 4.78 is 5.02. The van der Waals surface area contributed by atoms with Crippen LogP contribution in [0.1, 0.15) is 12.0 Å². The van der Waals surface area contributed by atoms with Gasteiger partial charge in [-0.05, 0) is 18.4 Å². The Bertz CT molecular complexity index is 321. The summed E-state index contributed by atoms with van der Waals surface area (Å²) >= 11 is 0. The molecular formula is C11H13BO2. The molecule has 0 aromatic heterocycles. The Balaban J connectivity index is 1.86. The van der Waals surface area contributed by atoms with E-state index in [9.17, 15) is 0 Å². The van der Waals surface area contributed by atoms with E-state index >= 15 is 0 Å². The molecule has 14 heavy (non-hydrogen) atoms. The third-order valence-electron chi connectivity index (χ3n) is 2.40. The van der Waals surface area contributed by atoms with Gasteiger partial charge in [0.25, 0.3) is 0 Å². The fourth-order valence-electron chi connectivity index (χ4n) is 1.60. The third-order valence-corrected chi connectivity index (χ3v) is 2.40. The first-order chi connectivity index (χ1) is 6.84. The Labute approximate surface area is 84.4 Å². The molecule has 3 heteroatoms. The monoisotopic (exact) mass is 188 g/mol. The van der Waals surface area contributed by atoms with E-state index in [-0.39, 0.29) is 0 Å². The maximum Gasteiger partial charge on any atom is 0.483 e. The second-order valence-corrected chi connectivity index (χ2v) is 3.51. The lowest BCUT2D eigenvalue weighted by atomic mass is 9.90. The van der Waals surface area contributed by atoms with Crippen LogP contribution >= 0.6 is 0 Å². The first-order valence-electron chi connectivity index (χ1n) is 4.88. The largest absolute Gasteiger partial charge is 0.483 e. The minimum absolute atomic E-state index is 0.577. The van der Waals surface area contributed by atoms with Crippen LogP contribution in [0.4, 0.5) is 0 Å². The molecule has 72 valence electrons. The van der Waals surface area contributed by atoms with Crippen LogP contribution in [0.2, 0.25) is 0 Å². The van der Waals surface area contributed by atoms with Crippen molar-refractivity contribution in [2.24, 2.45) is 0 Å². The van der Waals surface area contributed by atoms with Crippen molar-refractivity contribution in [3.63, 3.8) is 0 Å². The quantitative estimate of drug-likeness (QED) is 0.730. The molecule has 0 amide bonds. The van der Waals surface area contributed by atoms with Crippen molar-refractivity contribution < 1.29 is 9.68 Å². The van der Waals surface area contributed by atoms with E-state index in [0.29, 0.717) is 6.61 Å². The molecule has 1 aromatic rings. The number of aryl methyl sites for hydroxylation is 1. The Morgan fingerprint density at radius 3 is 2.64 bits per heavy atom. The van der Waals surface area contributed by atoms with Gasteiger partial charge in [-0.25, -0.2) is 0 Å². The molecule has 0 bridgehead atoms. The summed E-state index contributed by atoms with van der Waals surface area (Å²) in [7, 11) is -0.680. The second kappa shape index (κ2) is 4.44. The summed E-state index contributed by atoms with van der Waals surface area (Å²) in [6, 6.07) is 10.3. The van der Waals surface area contributed by atoms with Crippen LogP contribution in [0, 0.1) is 0 Å². The Hall–Kier alpha value is -1.06. The predicted octanol–water partition coefficient (Wildman–Crippen LogP) is 1.60.